The molecule has 18 heavy (non-hydrogen) atoms. The third kappa shape index (κ3) is 2.64. The molecule has 0 bridgehead atoms. The number of likely N-dealkylation sites (tertiary alicyclic amines) is 1. The number of carbonyl (C=O) groups excluding carboxylic acids is 1. The first-order valence-electron chi connectivity index (χ1n) is 6.38. The first-order chi connectivity index (χ1) is 8.61. The summed E-state index contributed by atoms with van der Waals surface area (Å²) in [6, 6.07) is 5.63. The second kappa shape index (κ2) is 5.40. The van der Waals surface area contributed by atoms with Crippen LogP contribution >= 0.6 is 0 Å². The van der Waals surface area contributed by atoms with Crippen molar-refractivity contribution in [1.29, 1.82) is 0 Å². The highest BCUT2D eigenvalue weighted by atomic mass is 16.3. The monoisotopic (exact) mass is 248 g/mol. The number of benzene rings is 1. The van der Waals surface area contributed by atoms with Gasteiger partial charge in [-0.15, -0.1) is 0 Å². The van der Waals surface area contributed by atoms with Gasteiger partial charge >= 0.3 is 0 Å². The topological polar surface area (TPSA) is 52.6 Å². The van der Waals surface area contributed by atoms with Crippen molar-refractivity contribution in [1.82, 2.24) is 10.2 Å². The lowest BCUT2D eigenvalue weighted by Gasteiger charge is -2.31. The summed E-state index contributed by atoms with van der Waals surface area (Å²) in [4.78, 5) is 14.1. The molecule has 0 aliphatic carbocycles. The van der Waals surface area contributed by atoms with Crippen molar-refractivity contribution in [2.75, 3.05) is 20.1 Å². The van der Waals surface area contributed by atoms with Crippen LogP contribution < -0.4 is 5.32 Å². The van der Waals surface area contributed by atoms with Crippen LogP contribution in [0.1, 0.15) is 28.8 Å². The van der Waals surface area contributed by atoms with E-state index in [-0.39, 0.29) is 11.7 Å². The van der Waals surface area contributed by atoms with Crippen LogP contribution in [0, 0.1) is 6.92 Å². The molecule has 0 spiro atoms. The van der Waals surface area contributed by atoms with Crippen molar-refractivity contribution in [3.8, 4) is 5.75 Å². The first kappa shape index (κ1) is 12.9. The Kier molecular flexibility index (Phi) is 3.87. The average Bonchev–Trinajstić information content (AvgIpc) is 2.41. The van der Waals surface area contributed by atoms with E-state index in [0.29, 0.717) is 11.6 Å². The number of aromatic hydroxyl groups is 1. The predicted octanol–water partition coefficient (Wildman–Crippen LogP) is 1.52. The number of piperidine rings is 1. The van der Waals surface area contributed by atoms with E-state index in [1.807, 2.05) is 18.9 Å². The van der Waals surface area contributed by atoms with Gasteiger partial charge in [0, 0.05) is 24.7 Å². The van der Waals surface area contributed by atoms with Crippen molar-refractivity contribution in [3.05, 3.63) is 29.3 Å². The predicted molar refractivity (Wildman–Crippen MR) is 70.8 cm³/mol. The summed E-state index contributed by atoms with van der Waals surface area (Å²) in [6.07, 6.45) is 1.97. The standard InChI is InChI=1S/C14H20N2O2/c1-10-3-4-11(9-13(10)17)14(18)16-7-5-12(15-2)6-8-16/h3-4,9,12,15,17H,5-8H2,1-2H3. The van der Waals surface area contributed by atoms with Crippen molar-refractivity contribution in [2.45, 2.75) is 25.8 Å². The van der Waals surface area contributed by atoms with Crippen molar-refractivity contribution in [3.63, 3.8) is 0 Å². The van der Waals surface area contributed by atoms with Crippen LogP contribution in [0.2, 0.25) is 0 Å². The zero-order valence-electron chi connectivity index (χ0n) is 10.9. The number of nitrogens with one attached hydrogen (secondary N) is 1. The van der Waals surface area contributed by atoms with Crippen LogP contribution in [0.15, 0.2) is 18.2 Å². The molecule has 4 heteroatoms. The van der Waals surface area contributed by atoms with Crippen LogP contribution in [0.3, 0.4) is 0 Å². The summed E-state index contributed by atoms with van der Waals surface area (Å²) >= 11 is 0. The number of hydrogen-bond acceptors (Lipinski definition) is 3. The van der Waals surface area contributed by atoms with Gasteiger partial charge in [-0.05, 0) is 44.5 Å². The molecule has 4 nitrogen and oxygen atoms in total. The van der Waals surface area contributed by atoms with E-state index in [2.05, 4.69) is 5.32 Å². The van der Waals surface area contributed by atoms with Gasteiger partial charge in [0.15, 0.2) is 0 Å². The van der Waals surface area contributed by atoms with Gasteiger partial charge in [0.1, 0.15) is 5.75 Å². The van der Waals surface area contributed by atoms with Crippen molar-refractivity contribution in [2.24, 2.45) is 0 Å². The molecule has 98 valence electrons. The van der Waals surface area contributed by atoms with Gasteiger partial charge in [-0.25, -0.2) is 0 Å². The number of amides is 1. The normalized spacial score (nSPS) is 16.9. The Morgan fingerprint density at radius 3 is 2.61 bits per heavy atom. The molecule has 1 aliphatic rings. The fourth-order valence-electron chi connectivity index (χ4n) is 2.30. The summed E-state index contributed by atoms with van der Waals surface area (Å²) in [5, 5.41) is 12.9. The second-order valence-electron chi connectivity index (χ2n) is 4.86. The van der Waals surface area contributed by atoms with Crippen LogP contribution in [0.4, 0.5) is 0 Å². The van der Waals surface area contributed by atoms with Gasteiger partial charge in [0.2, 0.25) is 0 Å². The van der Waals surface area contributed by atoms with E-state index in [9.17, 15) is 9.90 Å². The number of nitrogens with zero attached hydrogens (tertiary/aromatic N) is 1. The highest BCUT2D eigenvalue weighted by molar-refractivity contribution is 5.94. The third-order valence-electron chi connectivity index (χ3n) is 3.65. The van der Waals surface area contributed by atoms with Crippen LogP contribution in [-0.2, 0) is 0 Å². The molecule has 1 aromatic carbocycles. The van der Waals surface area contributed by atoms with E-state index < -0.39 is 0 Å². The molecule has 0 radical (unpaired) electrons. The minimum atomic E-state index is 0.0138. The minimum absolute atomic E-state index is 0.0138. The number of phenols is 1. The molecule has 0 atom stereocenters. The van der Waals surface area contributed by atoms with E-state index in [4.69, 9.17) is 0 Å². The van der Waals surface area contributed by atoms with E-state index in [1.165, 1.54) is 0 Å². The molecule has 0 unspecified atom stereocenters. The number of hydrogen-bond donors (Lipinski definition) is 2. The van der Waals surface area contributed by atoms with Crippen LogP contribution in [0.25, 0.3) is 0 Å². The van der Waals surface area contributed by atoms with E-state index in [1.54, 1.807) is 18.2 Å². The van der Waals surface area contributed by atoms with Gasteiger partial charge in [-0.3, -0.25) is 4.79 Å². The highest BCUT2D eigenvalue weighted by Crippen LogP contribution is 2.20. The Morgan fingerprint density at radius 1 is 1.39 bits per heavy atom. The maximum Gasteiger partial charge on any atom is 0.253 e. The smallest absolute Gasteiger partial charge is 0.253 e. The van der Waals surface area contributed by atoms with Gasteiger partial charge in [-0.1, -0.05) is 6.07 Å². The van der Waals surface area contributed by atoms with Crippen molar-refractivity contribution < 1.29 is 9.90 Å². The highest BCUT2D eigenvalue weighted by Gasteiger charge is 2.22. The molecule has 2 N–H and O–H groups in total. The lowest BCUT2D eigenvalue weighted by atomic mass is 10.0. The molecule has 1 heterocycles. The first-order valence-corrected chi connectivity index (χ1v) is 6.38. The molecule has 0 saturated carbocycles. The molecular formula is C14H20N2O2. The maximum absolute atomic E-state index is 12.3. The molecule has 1 aromatic rings. The average molecular weight is 248 g/mol. The third-order valence-corrected chi connectivity index (χ3v) is 3.65. The lowest BCUT2D eigenvalue weighted by Crippen LogP contribution is -2.43. The van der Waals surface area contributed by atoms with Gasteiger partial charge < -0.3 is 15.3 Å². The number of phenolic OH excluding ortho intramolecular Hbond substituents is 1. The van der Waals surface area contributed by atoms with Gasteiger partial charge in [-0.2, -0.15) is 0 Å². The molecule has 2 rings (SSSR count). The summed E-state index contributed by atoms with van der Waals surface area (Å²) < 4.78 is 0. The van der Waals surface area contributed by atoms with Gasteiger partial charge in [0.05, 0.1) is 0 Å². The van der Waals surface area contributed by atoms with Gasteiger partial charge in [0.25, 0.3) is 5.91 Å². The molecule has 0 aromatic heterocycles. The van der Waals surface area contributed by atoms with E-state index in [0.717, 1.165) is 31.5 Å². The molecule has 1 aliphatic heterocycles. The fourth-order valence-corrected chi connectivity index (χ4v) is 2.30. The summed E-state index contributed by atoms with van der Waals surface area (Å²) in [5.41, 5.74) is 1.36. The Bertz CT molecular complexity index is 437. The Labute approximate surface area is 108 Å². The van der Waals surface area contributed by atoms with E-state index >= 15 is 0 Å². The van der Waals surface area contributed by atoms with Crippen LogP contribution in [0.5, 0.6) is 5.75 Å². The number of carbonyl (C=O) groups is 1. The summed E-state index contributed by atoms with van der Waals surface area (Å²) in [7, 11) is 1.96. The molecule has 1 amide bonds. The molecule has 1 fully saturated rings. The summed E-state index contributed by atoms with van der Waals surface area (Å²) in [6.45, 7) is 3.37. The van der Waals surface area contributed by atoms with Crippen molar-refractivity contribution >= 4 is 5.91 Å². The SMILES string of the molecule is CNC1CCN(C(=O)c2ccc(C)c(O)c2)CC1. The number of aryl methyl sites for hydroxylation is 1. The Hall–Kier alpha value is -1.55. The Morgan fingerprint density at radius 2 is 2.06 bits per heavy atom. The zero-order chi connectivity index (χ0) is 13.1. The fraction of sp³-hybridized carbons (Fsp3) is 0.500. The lowest BCUT2D eigenvalue weighted by molar-refractivity contribution is 0.0707. The maximum atomic E-state index is 12.3. The molecule has 1 saturated heterocycles. The number of rotatable bonds is 2. The largest absolute Gasteiger partial charge is 0.508 e. The minimum Gasteiger partial charge on any atom is -0.508 e. The summed E-state index contributed by atoms with van der Waals surface area (Å²) in [5.74, 6) is 0.200. The second-order valence-corrected chi connectivity index (χ2v) is 4.86. The van der Waals surface area contributed by atoms with Crippen LogP contribution in [-0.4, -0.2) is 42.1 Å². The molecular weight excluding hydrogens is 228 g/mol. The quantitative estimate of drug-likeness (QED) is 0.834. The Balaban J connectivity index is 2.05. The zero-order valence-corrected chi connectivity index (χ0v) is 10.9.